The summed E-state index contributed by atoms with van der Waals surface area (Å²) in [5.41, 5.74) is 4.76. The van der Waals surface area contributed by atoms with Gasteiger partial charge in [0.1, 0.15) is 5.82 Å². The molecule has 1 atom stereocenters. The highest BCUT2D eigenvalue weighted by molar-refractivity contribution is 8.00. The van der Waals surface area contributed by atoms with E-state index in [-0.39, 0.29) is 16.9 Å². The molecule has 6 nitrogen and oxygen atoms in total. The van der Waals surface area contributed by atoms with Gasteiger partial charge in [0.25, 0.3) is 0 Å². The van der Waals surface area contributed by atoms with Gasteiger partial charge >= 0.3 is 0 Å². The van der Waals surface area contributed by atoms with Gasteiger partial charge in [-0.3, -0.25) is 14.2 Å². The second-order valence-corrected chi connectivity index (χ2v) is 8.90. The Morgan fingerprint density at radius 2 is 1.90 bits per heavy atom. The molecule has 0 radical (unpaired) electrons. The molecule has 0 saturated carbocycles. The van der Waals surface area contributed by atoms with Crippen LogP contribution in [0.25, 0.3) is 5.69 Å². The minimum absolute atomic E-state index is 0.0302. The molecular weight excluding hydrogens is 396 g/mol. The summed E-state index contributed by atoms with van der Waals surface area (Å²) in [6.07, 6.45) is 0.776. The minimum Gasteiger partial charge on any atom is -0.312 e. The second kappa shape index (κ2) is 8.07. The Morgan fingerprint density at radius 3 is 2.63 bits per heavy atom. The molecule has 30 heavy (non-hydrogen) atoms. The number of anilines is 1. The third-order valence-corrected chi connectivity index (χ3v) is 6.39. The number of hydrogen-bond donors (Lipinski definition) is 0. The van der Waals surface area contributed by atoms with E-state index in [1.54, 1.807) is 11.8 Å². The van der Waals surface area contributed by atoms with E-state index in [0.29, 0.717) is 17.3 Å². The van der Waals surface area contributed by atoms with E-state index in [9.17, 15) is 9.59 Å². The van der Waals surface area contributed by atoms with Crippen molar-refractivity contribution in [3.05, 3.63) is 65.0 Å². The number of Topliss-reactive ketones (excluding diaryl/α,β-unsaturated/α-hetero) is 1. The Balaban J connectivity index is 1.56. The van der Waals surface area contributed by atoms with Crippen LogP contribution >= 0.6 is 11.8 Å². The summed E-state index contributed by atoms with van der Waals surface area (Å²) >= 11 is 1.41. The topological polar surface area (TPSA) is 68.1 Å². The molecule has 2 aromatic carbocycles. The molecule has 3 aromatic rings. The van der Waals surface area contributed by atoms with Crippen LogP contribution in [-0.2, 0) is 11.2 Å². The fourth-order valence-corrected chi connectivity index (χ4v) is 4.80. The minimum atomic E-state index is -0.319. The molecule has 2 heterocycles. The lowest BCUT2D eigenvalue weighted by molar-refractivity contribution is -0.116. The number of fused-ring (bicyclic) bond motifs is 1. The number of rotatable bonds is 5. The van der Waals surface area contributed by atoms with Crippen LogP contribution in [0, 0.1) is 13.8 Å². The predicted molar refractivity (Wildman–Crippen MR) is 119 cm³/mol. The standard InChI is InChI=1S/C23H24N4O2S/c1-14-6-5-7-20(12-14)27-16(3)24-25-23(27)30-15(2)22(29)19-8-9-21-18(13-19)10-11-26(21)17(4)28/h5-9,12-13,15H,10-11H2,1-4H3/t15-/m1/s1. The molecule has 7 heteroatoms. The summed E-state index contributed by atoms with van der Waals surface area (Å²) in [6, 6.07) is 13.8. The zero-order valence-electron chi connectivity index (χ0n) is 17.5. The van der Waals surface area contributed by atoms with Gasteiger partial charge in [0.05, 0.1) is 5.25 Å². The number of amides is 1. The SMILES string of the molecule is CC(=O)N1CCc2cc(C(=O)[C@@H](C)Sc3nnc(C)n3-c3cccc(C)c3)ccc21. The summed E-state index contributed by atoms with van der Waals surface area (Å²) in [7, 11) is 0. The van der Waals surface area contributed by atoms with Crippen molar-refractivity contribution in [2.24, 2.45) is 0 Å². The van der Waals surface area contributed by atoms with E-state index < -0.39 is 0 Å². The van der Waals surface area contributed by atoms with E-state index in [1.165, 1.54) is 11.8 Å². The molecule has 0 unspecified atom stereocenters. The van der Waals surface area contributed by atoms with Crippen LogP contribution in [0.4, 0.5) is 5.69 Å². The van der Waals surface area contributed by atoms with Gasteiger partial charge in [-0.2, -0.15) is 0 Å². The summed E-state index contributed by atoms with van der Waals surface area (Å²) in [6.45, 7) is 8.09. The first kappa shape index (κ1) is 20.3. The first-order valence-electron chi connectivity index (χ1n) is 9.96. The maximum absolute atomic E-state index is 13.1. The highest BCUT2D eigenvalue weighted by Gasteiger charge is 2.25. The maximum Gasteiger partial charge on any atom is 0.223 e. The second-order valence-electron chi connectivity index (χ2n) is 7.59. The molecule has 1 aliphatic rings. The molecule has 154 valence electrons. The number of ketones is 1. The van der Waals surface area contributed by atoms with Gasteiger partial charge in [0.15, 0.2) is 10.9 Å². The zero-order valence-corrected chi connectivity index (χ0v) is 18.4. The molecule has 0 bridgehead atoms. The number of benzene rings is 2. The average molecular weight is 421 g/mol. The number of aromatic nitrogens is 3. The predicted octanol–water partition coefficient (Wildman–Crippen LogP) is 4.16. The van der Waals surface area contributed by atoms with Crippen LogP contribution in [0.15, 0.2) is 47.6 Å². The highest BCUT2D eigenvalue weighted by Crippen LogP contribution is 2.32. The van der Waals surface area contributed by atoms with Crippen molar-refractivity contribution in [1.82, 2.24) is 14.8 Å². The van der Waals surface area contributed by atoms with Crippen LogP contribution in [0.5, 0.6) is 0 Å². The average Bonchev–Trinajstić information content (AvgIpc) is 3.30. The van der Waals surface area contributed by atoms with Gasteiger partial charge in [0.2, 0.25) is 5.91 Å². The molecule has 1 aromatic heterocycles. The van der Waals surface area contributed by atoms with Gasteiger partial charge in [-0.1, -0.05) is 23.9 Å². The van der Waals surface area contributed by atoms with Crippen molar-refractivity contribution < 1.29 is 9.59 Å². The molecule has 0 aliphatic carbocycles. The molecule has 4 rings (SSSR count). The van der Waals surface area contributed by atoms with Gasteiger partial charge in [-0.05, 0) is 68.7 Å². The van der Waals surface area contributed by atoms with Gasteiger partial charge in [-0.15, -0.1) is 10.2 Å². The lowest BCUT2D eigenvalue weighted by atomic mass is 10.0. The van der Waals surface area contributed by atoms with Crippen molar-refractivity contribution in [1.29, 1.82) is 0 Å². The molecule has 0 fully saturated rings. The van der Waals surface area contributed by atoms with Crippen molar-refractivity contribution >= 4 is 29.1 Å². The zero-order chi connectivity index (χ0) is 21.4. The lowest BCUT2D eigenvalue weighted by Crippen LogP contribution is -2.25. The molecule has 0 spiro atoms. The number of aryl methyl sites for hydroxylation is 2. The molecular formula is C23H24N4O2S. The van der Waals surface area contributed by atoms with Crippen LogP contribution in [-0.4, -0.2) is 38.2 Å². The molecule has 0 N–H and O–H groups in total. The van der Waals surface area contributed by atoms with Gasteiger partial charge in [0, 0.05) is 30.4 Å². The molecule has 0 saturated heterocycles. The highest BCUT2D eigenvalue weighted by atomic mass is 32.2. The van der Waals surface area contributed by atoms with E-state index in [1.807, 2.05) is 61.7 Å². The summed E-state index contributed by atoms with van der Waals surface area (Å²) in [4.78, 5) is 26.6. The van der Waals surface area contributed by atoms with Crippen molar-refractivity contribution in [3.63, 3.8) is 0 Å². The summed E-state index contributed by atoms with van der Waals surface area (Å²) in [5, 5.41) is 8.91. The van der Waals surface area contributed by atoms with Crippen molar-refractivity contribution in [3.8, 4) is 5.69 Å². The van der Waals surface area contributed by atoms with Gasteiger partial charge in [-0.25, -0.2) is 0 Å². The van der Waals surface area contributed by atoms with Crippen molar-refractivity contribution in [2.45, 2.75) is 44.5 Å². The summed E-state index contributed by atoms with van der Waals surface area (Å²) < 4.78 is 1.98. The van der Waals surface area contributed by atoms with Crippen molar-refractivity contribution in [2.75, 3.05) is 11.4 Å². The lowest BCUT2D eigenvalue weighted by Gasteiger charge is -2.16. The van der Waals surface area contributed by atoms with Crippen LogP contribution in [0.3, 0.4) is 0 Å². The Bertz CT molecular complexity index is 1140. The number of nitrogens with zero attached hydrogens (tertiary/aromatic N) is 4. The Kier molecular flexibility index (Phi) is 5.47. The van der Waals surface area contributed by atoms with Crippen LogP contribution in [0.1, 0.15) is 41.2 Å². The first-order valence-corrected chi connectivity index (χ1v) is 10.8. The maximum atomic E-state index is 13.1. The van der Waals surface area contributed by atoms with E-state index in [0.717, 1.165) is 34.7 Å². The van der Waals surface area contributed by atoms with E-state index in [2.05, 4.69) is 16.3 Å². The summed E-state index contributed by atoms with van der Waals surface area (Å²) in [5.74, 6) is 0.854. The third-order valence-electron chi connectivity index (χ3n) is 5.35. The van der Waals surface area contributed by atoms with Crippen LogP contribution < -0.4 is 4.90 Å². The first-order chi connectivity index (χ1) is 14.3. The van der Waals surface area contributed by atoms with Crippen LogP contribution in [0.2, 0.25) is 0 Å². The number of hydrogen-bond acceptors (Lipinski definition) is 5. The van der Waals surface area contributed by atoms with Gasteiger partial charge < -0.3 is 4.90 Å². The Morgan fingerprint density at radius 1 is 1.10 bits per heavy atom. The molecule has 1 aliphatic heterocycles. The van der Waals surface area contributed by atoms with E-state index in [4.69, 9.17) is 0 Å². The number of carbonyl (C=O) groups is 2. The largest absolute Gasteiger partial charge is 0.312 e. The Labute approximate surface area is 180 Å². The normalized spacial score (nSPS) is 13.9. The number of thioether (sulfide) groups is 1. The quantitative estimate of drug-likeness (QED) is 0.458. The smallest absolute Gasteiger partial charge is 0.223 e. The fraction of sp³-hybridized carbons (Fsp3) is 0.304. The fourth-order valence-electron chi connectivity index (χ4n) is 3.81. The molecule has 1 amide bonds. The monoisotopic (exact) mass is 420 g/mol. The third kappa shape index (κ3) is 3.77. The number of carbonyl (C=O) groups excluding carboxylic acids is 2. The Hall–Kier alpha value is -2.93. The van der Waals surface area contributed by atoms with E-state index >= 15 is 0 Å².